The maximum Gasteiger partial charge on any atom is 0.254 e. The molecule has 1 aliphatic rings. The molecule has 0 bridgehead atoms. The van der Waals surface area contributed by atoms with Gasteiger partial charge in [-0.15, -0.1) is 10.2 Å². The SMILES string of the molecule is C[C@@H]1CCCC[C@H]1NC(=O)CSc1nnc(CNC(=O)c2ccccc2F)n1C. The summed E-state index contributed by atoms with van der Waals surface area (Å²) in [5.74, 6) is 0.206. The molecule has 29 heavy (non-hydrogen) atoms. The first-order valence-corrected chi connectivity index (χ1v) is 10.8. The third-order valence-electron chi connectivity index (χ3n) is 5.24. The number of rotatable bonds is 7. The molecular weight excluding hydrogens is 393 g/mol. The molecule has 1 aromatic heterocycles. The van der Waals surface area contributed by atoms with E-state index >= 15 is 0 Å². The van der Waals surface area contributed by atoms with Gasteiger partial charge in [0, 0.05) is 13.1 Å². The van der Waals surface area contributed by atoms with Crippen LogP contribution in [-0.4, -0.2) is 38.4 Å². The normalized spacial score (nSPS) is 19.0. The summed E-state index contributed by atoms with van der Waals surface area (Å²) in [6.45, 7) is 2.30. The lowest BCUT2D eigenvalue weighted by Gasteiger charge is -2.29. The zero-order chi connectivity index (χ0) is 20.8. The van der Waals surface area contributed by atoms with Crippen molar-refractivity contribution < 1.29 is 14.0 Å². The lowest BCUT2D eigenvalue weighted by Crippen LogP contribution is -2.41. The fourth-order valence-electron chi connectivity index (χ4n) is 3.43. The van der Waals surface area contributed by atoms with Crippen LogP contribution < -0.4 is 10.6 Å². The highest BCUT2D eigenvalue weighted by molar-refractivity contribution is 7.99. The van der Waals surface area contributed by atoms with E-state index in [2.05, 4.69) is 27.8 Å². The smallest absolute Gasteiger partial charge is 0.254 e. The van der Waals surface area contributed by atoms with Crippen LogP contribution in [0, 0.1) is 11.7 Å². The average molecular weight is 420 g/mol. The Balaban J connectivity index is 1.49. The number of hydrogen-bond donors (Lipinski definition) is 2. The number of carbonyl (C=O) groups excluding carboxylic acids is 2. The predicted octanol–water partition coefficient (Wildman–Crippen LogP) is 2.67. The van der Waals surface area contributed by atoms with Crippen molar-refractivity contribution in [2.24, 2.45) is 13.0 Å². The maximum atomic E-state index is 13.7. The first-order valence-electron chi connectivity index (χ1n) is 9.79. The van der Waals surface area contributed by atoms with E-state index in [9.17, 15) is 14.0 Å². The van der Waals surface area contributed by atoms with Gasteiger partial charge in [-0.05, 0) is 30.9 Å². The molecule has 1 saturated carbocycles. The van der Waals surface area contributed by atoms with Crippen molar-refractivity contribution in [3.8, 4) is 0 Å². The molecule has 0 aliphatic heterocycles. The molecular formula is C20H26FN5O2S. The van der Waals surface area contributed by atoms with Crippen LogP contribution in [0.1, 0.15) is 48.8 Å². The zero-order valence-electron chi connectivity index (χ0n) is 16.7. The predicted molar refractivity (Wildman–Crippen MR) is 109 cm³/mol. The van der Waals surface area contributed by atoms with E-state index in [4.69, 9.17) is 0 Å². The number of halogens is 1. The monoisotopic (exact) mass is 419 g/mol. The van der Waals surface area contributed by atoms with Gasteiger partial charge in [0.2, 0.25) is 5.91 Å². The van der Waals surface area contributed by atoms with E-state index < -0.39 is 11.7 Å². The number of benzene rings is 1. The summed E-state index contributed by atoms with van der Waals surface area (Å²) in [4.78, 5) is 24.4. The Bertz CT molecular complexity index is 872. The highest BCUT2D eigenvalue weighted by atomic mass is 32.2. The van der Waals surface area contributed by atoms with Gasteiger partial charge < -0.3 is 15.2 Å². The second kappa shape index (κ2) is 9.87. The lowest BCUT2D eigenvalue weighted by atomic mass is 9.86. The van der Waals surface area contributed by atoms with Crippen LogP contribution in [0.15, 0.2) is 29.4 Å². The minimum Gasteiger partial charge on any atom is -0.352 e. The molecule has 1 aliphatic carbocycles. The van der Waals surface area contributed by atoms with E-state index in [0.717, 1.165) is 19.3 Å². The van der Waals surface area contributed by atoms with Crippen molar-refractivity contribution in [2.45, 2.75) is 50.4 Å². The molecule has 156 valence electrons. The molecule has 2 N–H and O–H groups in total. The number of amides is 2. The second-order valence-corrected chi connectivity index (χ2v) is 8.29. The number of carbonyl (C=O) groups is 2. The highest BCUT2D eigenvalue weighted by Crippen LogP contribution is 2.24. The van der Waals surface area contributed by atoms with Gasteiger partial charge in [-0.3, -0.25) is 9.59 Å². The minimum absolute atomic E-state index is 0.00819. The standard InChI is InChI=1S/C20H26FN5O2S/c1-13-7-3-6-10-16(13)23-18(27)12-29-20-25-24-17(26(20)2)11-22-19(28)14-8-4-5-9-15(14)21/h4-5,8-9,13,16H,3,6-7,10-12H2,1-2H3,(H,22,28)(H,23,27)/t13-,16-/m1/s1. The van der Waals surface area contributed by atoms with Gasteiger partial charge in [0.1, 0.15) is 5.82 Å². The van der Waals surface area contributed by atoms with Crippen LogP contribution in [0.5, 0.6) is 0 Å². The molecule has 1 heterocycles. The summed E-state index contributed by atoms with van der Waals surface area (Å²) >= 11 is 1.30. The molecule has 2 aromatic rings. The molecule has 2 atom stereocenters. The van der Waals surface area contributed by atoms with Crippen molar-refractivity contribution in [3.63, 3.8) is 0 Å². The molecule has 3 rings (SSSR count). The number of nitrogens with one attached hydrogen (secondary N) is 2. The van der Waals surface area contributed by atoms with Crippen molar-refractivity contribution in [3.05, 3.63) is 41.5 Å². The van der Waals surface area contributed by atoms with Crippen LogP contribution in [0.25, 0.3) is 0 Å². The largest absolute Gasteiger partial charge is 0.352 e. The van der Waals surface area contributed by atoms with E-state index in [0.29, 0.717) is 16.9 Å². The van der Waals surface area contributed by atoms with Crippen molar-refractivity contribution >= 4 is 23.6 Å². The van der Waals surface area contributed by atoms with E-state index in [1.165, 1.54) is 36.4 Å². The number of hydrogen-bond acceptors (Lipinski definition) is 5. The van der Waals surface area contributed by atoms with Crippen LogP contribution in [-0.2, 0) is 18.4 Å². The molecule has 9 heteroatoms. The summed E-state index contributed by atoms with van der Waals surface area (Å²) in [6.07, 6.45) is 4.59. The Morgan fingerprint density at radius 2 is 2.00 bits per heavy atom. The Kier molecular flexibility index (Phi) is 7.24. The van der Waals surface area contributed by atoms with Crippen LogP contribution >= 0.6 is 11.8 Å². The molecule has 0 unspecified atom stereocenters. The van der Waals surface area contributed by atoms with Gasteiger partial charge in [0.25, 0.3) is 5.91 Å². The lowest BCUT2D eigenvalue weighted by molar-refractivity contribution is -0.119. The van der Waals surface area contributed by atoms with E-state index in [-0.39, 0.29) is 29.8 Å². The van der Waals surface area contributed by atoms with Crippen LogP contribution in [0.3, 0.4) is 0 Å². The Hall–Kier alpha value is -2.42. The second-order valence-electron chi connectivity index (χ2n) is 7.34. The first kappa shape index (κ1) is 21.3. The maximum absolute atomic E-state index is 13.7. The Morgan fingerprint density at radius 3 is 2.76 bits per heavy atom. The topological polar surface area (TPSA) is 88.9 Å². The summed E-state index contributed by atoms with van der Waals surface area (Å²) in [5, 5.41) is 14.5. The van der Waals surface area contributed by atoms with Crippen LogP contribution in [0.4, 0.5) is 4.39 Å². The third kappa shape index (κ3) is 5.56. The fraction of sp³-hybridized carbons (Fsp3) is 0.500. The van der Waals surface area contributed by atoms with Gasteiger partial charge in [0.15, 0.2) is 11.0 Å². The summed E-state index contributed by atoms with van der Waals surface area (Å²) in [7, 11) is 1.77. The number of nitrogens with zero attached hydrogens (tertiary/aromatic N) is 3. The molecule has 0 radical (unpaired) electrons. The number of thioether (sulfide) groups is 1. The third-order valence-corrected chi connectivity index (χ3v) is 6.26. The first-order chi connectivity index (χ1) is 14.0. The van der Waals surface area contributed by atoms with Crippen molar-refractivity contribution in [1.29, 1.82) is 0 Å². The summed E-state index contributed by atoms with van der Waals surface area (Å²) in [5.41, 5.74) is -0.0159. The highest BCUT2D eigenvalue weighted by Gasteiger charge is 2.23. The van der Waals surface area contributed by atoms with Gasteiger partial charge in [0.05, 0.1) is 17.9 Å². The average Bonchev–Trinajstić information content (AvgIpc) is 3.06. The minimum atomic E-state index is -0.572. The molecule has 0 spiro atoms. The molecule has 0 saturated heterocycles. The quantitative estimate of drug-likeness (QED) is 0.674. The Morgan fingerprint density at radius 1 is 1.24 bits per heavy atom. The van der Waals surface area contributed by atoms with Gasteiger partial charge >= 0.3 is 0 Å². The summed E-state index contributed by atoms with van der Waals surface area (Å²) < 4.78 is 15.4. The molecule has 7 nitrogen and oxygen atoms in total. The molecule has 1 aromatic carbocycles. The van der Waals surface area contributed by atoms with Gasteiger partial charge in [-0.1, -0.05) is 43.7 Å². The zero-order valence-corrected chi connectivity index (χ0v) is 17.5. The van der Waals surface area contributed by atoms with E-state index in [1.807, 2.05) is 0 Å². The van der Waals surface area contributed by atoms with E-state index in [1.54, 1.807) is 17.7 Å². The van der Waals surface area contributed by atoms with Gasteiger partial charge in [-0.25, -0.2) is 4.39 Å². The van der Waals surface area contributed by atoms with Gasteiger partial charge in [-0.2, -0.15) is 0 Å². The van der Waals surface area contributed by atoms with Crippen LogP contribution in [0.2, 0.25) is 0 Å². The van der Waals surface area contributed by atoms with Crippen molar-refractivity contribution in [2.75, 3.05) is 5.75 Å². The number of aromatic nitrogens is 3. The molecule has 1 fully saturated rings. The fourth-order valence-corrected chi connectivity index (χ4v) is 4.17. The molecule has 2 amide bonds. The Labute approximate surface area is 173 Å². The van der Waals surface area contributed by atoms with Crippen molar-refractivity contribution in [1.82, 2.24) is 25.4 Å². The summed E-state index contributed by atoms with van der Waals surface area (Å²) in [6, 6.07) is 6.05.